The van der Waals surface area contributed by atoms with E-state index in [1.165, 1.54) is 4.68 Å². The number of hydrogen-bond donors (Lipinski definition) is 0. The molecule has 0 bridgehead atoms. The van der Waals surface area contributed by atoms with Crippen LogP contribution in [0.2, 0.25) is 5.15 Å². The van der Waals surface area contributed by atoms with Gasteiger partial charge in [0.15, 0.2) is 11.5 Å². The van der Waals surface area contributed by atoms with Gasteiger partial charge in [-0.1, -0.05) is 17.7 Å². The van der Waals surface area contributed by atoms with Crippen molar-refractivity contribution in [2.75, 3.05) is 20.8 Å². The van der Waals surface area contributed by atoms with Gasteiger partial charge in [-0.15, -0.1) is 0 Å². The summed E-state index contributed by atoms with van der Waals surface area (Å²) in [5.74, 6) is 1.16. The summed E-state index contributed by atoms with van der Waals surface area (Å²) in [5, 5.41) is 4.52. The van der Waals surface area contributed by atoms with Crippen LogP contribution in [0.3, 0.4) is 0 Å². The van der Waals surface area contributed by atoms with Crippen LogP contribution < -0.4 is 9.47 Å². The molecule has 1 aromatic carbocycles. The van der Waals surface area contributed by atoms with E-state index in [9.17, 15) is 4.79 Å². The Morgan fingerprint density at radius 2 is 2.08 bits per heavy atom. The van der Waals surface area contributed by atoms with Gasteiger partial charge < -0.3 is 14.4 Å². The second-order valence-corrected chi connectivity index (χ2v) is 5.81. The molecule has 1 amide bonds. The van der Waals surface area contributed by atoms with Crippen LogP contribution in [0.15, 0.2) is 18.2 Å². The van der Waals surface area contributed by atoms with Gasteiger partial charge in [0.1, 0.15) is 5.15 Å². The number of methoxy groups -OCH3 is 1. The number of aromatic nitrogens is 2. The molecule has 0 spiro atoms. The van der Waals surface area contributed by atoms with Gasteiger partial charge in [0.2, 0.25) is 0 Å². The molecule has 0 N–H and O–H groups in total. The summed E-state index contributed by atoms with van der Waals surface area (Å²) in [4.78, 5) is 14.3. The lowest BCUT2D eigenvalue weighted by Gasteiger charge is -2.18. The van der Waals surface area contributed by atoms with Crippen molar-refractivity contribution in [3.05, 3.63) is 40.2 Å². The molecule has 0 aliphatic carbocycles. The van der Waals surface area contributed by atoms with Gasteiger partial charge in [0, 0.05) is 20.6 Å². The van der Waals surface area contributed by atoms with Gasteiger partial charge in [0.05, 0.1) is 25.0 Å². The first-order chi connectivity index (χ1) is 11.4. The third-order valence-corrected chi connectivity index (χ3v) is 4.09. The van der Waals surface area contributed by atoms with Crippen LogP contribution in [0.5, 0.6) is 11.5 Å². The van der Waals surface area contributed by atoms with Crippen LogP contribution in [0, 0.1) is 6.92 Å². The van der Waals surface area contributed by atoms with Crippen LogP contribution in [0.4, 0.5) is 0 Å². The topological polar surface area (TPSA) is 56.6 Å². The number of ether oxygens (including phenoxy) is 2. The number of hydrogen-bond acceptors (Lipinski definition) is 4. The first kappa shape index (κ1) is 18.1. The minimum absolute atomic E-state index is 0.168. The minimum atomic E-state index is -0.168. The van der Waals surface area contributed by atoms with E-state index in [2.05, 4.69) is 5.10 Å². The average molecular weight is 352 g/mol. The maximum Gasteiger partial charge on any atom is 0.258 e. The summed E-state index contributed by atoms with van der Waals surface area (Å²) >= 11 is 6.18. The van der Waals surface area contributed by atoms with Crippen LogP contribution in [-0.4, -0.2) is 41.4 Å². The molecule has 0 saturated heterocycles. The molecule has 0 unspecified atom stereocenters. The normalized spacial score (nSPS) is 10.6. The number of rotatable bonds is 6. The van der Waals surface area contributed by atoms with Crippen LogP contribution in [0.25, 0.3) is 0 Å². The summed E-state index contributed by atoms with van der Waals surface area (Å²) in [6.45, 7) is 4.67. The number of carbonyl (C=O) groups excluding carboxylic acids is 1. The van der Waals surface area contributed by atoms with Crippen molar-refractivity contribution >= 4 is 17.5 Å². The van der Waals surface area contributed by atoms with E-state index in [1.807, 2.05) is 25.1 Å². The van der Waals surface area contributed by atoms with Crippen molar-refractivity contribution in [3.8, 4) is 11.5 Å². The number of aryl methyl sites for hydroxylation is 2. The van der Waals surface area contributed by atoms with E-state index in [4.69, 9.17) is 21.1 Å². The number of carbonyl (C=O) groups is 1. The second kappa shape index (κ2) is 7.57. The minimum Gasteiger partial charge on any atom is -0.493 e. The zero-order valence-electron chi connectivity index (χ0n) is 14.6. The lowest BCUT2D eigenvalue weighted by atomic mass is 10.1. The van der Waals surface area contributed by atoms with Gasteiger partial charge in [-0.2, -0.15) is 5.10 Å². The highest BCUT2D eigenvalue weighted by Gasteiger charge is 2.22. The molecule has 24 heavy (non-hydrogen) atoms. The number of amides is 1. The van der Waals surface area contributed by atoms with Crippen molar-refractivity contribution in [1.29, 1.82) is 0 Å². The second-order valence-electron chi connectivity index (χ2n) is 5.45. The quantitative estimate of drug-likeness (QED) is 0.802. The van der Waals surface area contributed by atoms with Crippen LogP contribution in [0.1, 0.15) is 28.5 Å². The van der Waals surface area contributed by atoms with Gasteiger partial charge in [0.25, 0.3) is 5.91 Å². The summed E-state index contributed by atoms with van der Waals surface area (Å²) < 4.78 is 12.3. The van der Waals surface area contributed by atoms with Gasteiger partial charge in [-0.25, -0.2) is 0 Å². The van der Waals surface area contributed by atoms with Crippen molar-refractivity contribution in [2.45, 2.75) is 20.4 Å². The molecule has 1 aromatic heterocycles. The standard InChI is InChI=1S/C17H22ClN3O3/c1-6-24-13-8-7-12(9-14(13)23-5)10-20(3)17(22)15-11(2)19-21(4)16(15)18/h7-9H,6,10H2,1-5H3. The molecule has 2 aromatic rings. The zero-order chi connectivity index (χ0) is 17.9. The molecular weight excluding hydrogens is 330 g/mol. The SMILES string of the molecule is CCOc1ccc(CN(C)C(=O)c2c(C)nn(C)c2Cl)cc1OC. The molecule has 1 heterocycles. The summed E-state index contributed by atoms with van der Waals surface area (Å²) in [5.41, 5.74) is 1.98. The highest BCUT2D eigenvalue weighted by atomic mass is 35.5. The first-order valence-corrected chi connectivity index (χ1v) is 8.01. The smallest absolute Gasteiger partial charge is 0.258 e. The van der Waals surface area contributed by atoms with E-state index in [1.54, 1.807) is 33.0 Å². The van der Waals surface area contributed by atoms with Crippen molar-refractivity contribution < 1.29 is 14.3 Å². The van der Waals surface area contributed by atoms with Gasteiger partial charge >= 0.3 is 0 Å². The maximum atomic E-state index is 12.7. The first-order valence-electron chi connectivity index (χ1n) is 7.63. The summed E-state index contributed by atoms with van der Waals surface area (Å²) in [6.07, 6.45) is 0. The monoisotopic (exact) mass is 351 g/mol. The number of halogens is 1. The lowest BCUT2D eigenvalue weighted by Crippen LogP contribution is -2.26. The predicted octanol–water partition coefficient (Wildman–Crippen LogP) is 3.06. The Hall–Kier alpha value is -2.21. The fourth-order valence-electron chi connectivity index (χ4n) is 2.49. The van der Waals surface area contributed by atoms with E-state index in [0.717, 1.165) is 5.56 Å². The van der Waals surface area contributed by atoms with Crippen molar-refractivity contribution in [2.24, 2.45) is 7.05 Å². The Labute approximate surface area is 146 Å². The molecular formula is C17H22ClN3O3. The lowest BCUT2D eigenvalue weighted by molar-refractivity contribution is 0.0784. The van der Waals surface area contributed by atoms with Crippen molar-refractivity contribution in [3.63, 3.8) is 0 Å². The molecule has 0 aliphatic heterocycles. The molecule has 0 fully saturated rings. The zero-order valence-corrected chi connectivity index (χ0v) is 15.3. The predicted molar refractivity (Wildman–Crippen MR) is 92.9 cm³/mol. The maximum absolute atomic E-state index is 12.7. The molecule has 7 heteroatoms. The van der Waals surface area contributed by atoms with E-state index < -0.39 is 0 Å². The van der Waals surface area contributed by atoms with Crippen LogP contribution in [-0.2, 0) is 13.6 Å². The van der Waals surface area contributed by atoms with Crippen LogP contribution >= 0.6 is 11.6 Å². The Balaban J connectivity index is 2.20. The highest BCUT2D eigenvalue weighted by Crippen LogP contribution is 2.29. The molecule has 0 saturated carbocycles. The van der Waals surface area contributed by atoms with Gasteiger partial charge in [-0.05, 0) is 31.5 Å². The fourth-order valence-corrected chi connectivity index (χ4v) is 2.75. The van der Waals surface area contributed by atoms with E-state index >= 15 is 0 Å². The third kappa shape index (κ3) is 3.64. The molecule has 130 valence electrons. The Morgan fingerprint density at radius 1 is 1.38 bits per heavy atom. The largest absolute Gasteiger partial charge is 0.493 e. The Bertz CT molecular complexity index is 743. The molecule has 6 nitrogen and oxygen atoms in total. The Kier molecular flexibility index (Phi) is 5.72. The Morgan fingerprint density at radius 3 is 2.62 bits per heavy atom. The van der Waals surface area contributed by atoms with Crippen molar-refractivity contribution in [1.82, 2.24) is 14.7 Å². The average Bonchev–Trinajstić information content (AvgIpc) is 2.80. The van der Waals surface area contributed by atoms with Gasteiger partial charge in [-0.3, -0.25) is 9.48 Å². The summed E-state index contributed by atoms with van der Waals surface area (Å²) in [7, 11) is 5.03. The molecule has 0 aliphatic rings. The fraction of sp³-hybridized carbons (Fsp3) is 0.412. The van der Waals surface area contributed by atoms with E-state index in [0.29, 0.717) is 41.1 Å². The number of nitrogens with zero attached hydrogens (tertiary/aromatic N) is 3. The highest BCUT2D eigenvalue weighted by molar-refractivity contribution is 6.33. The molecule has 2 rings (SSSR count). The molecule has 0 atom stereocenters. The van der Waals surface area contributed by atoms with E-state index in [-0.39, 0.29) is 5.91 Å². The molecule has 0 radical (unpaired) electrons. The third-order valence-electron chi connectivity index (χ3n) is 3.66. The number of benzene rings is 1. The summed E-state index contributed by atoms with van der Waals surface area (Å²) in [6, 6.07) is 5.62.